The maximum absolute atomic E-state index is 13.2. The van der Waals surface area contributed by atoms with Gasteiger partial charge in [0, 0.05) is 24.9 Å². The van der Waals surface area contributed by atoms with Crippen LogP contribution in [0.2, 0.25) is 0 Å². The minimum absolute atomic E-state index is 0.120. The van der Waals surface area contributed by atoms with E-state index in [4.69, 9.17) is 4.74 Å². The maximum atomic E-state index is 13.2. The van der Waals surface area contributed by atoms with Gasteiger partial charge in [0.05, 0.1) is 18.8 Å². The van der Waals surface area contributed by atoms with Crippen molar-refractivity contribution in [2.45, 2.75) is 32.9 Å². The van der Waals surface area contributed by atoms with Gasteiger partial charge >= 0.3 is 0 Å². The van der Waals surface area contributed by atoms with Crippen LogP contribution in [0, 0.1) is 12.7 Å². The van der Waals surface area contributed by atoms with Crippen molar-refractivity contribution in [3.8, 4) is 0 Å². The largest absolute Gasteiger partial charge is 0.375 e. The standard InChI is InChI=1S/C23H27FN2O2/c1-16-13-21(24)9-7-19(16)8-10-23(27)25-18(3)20-5-4-6-22(14-20)26-11-12-28-17(2)15-26/h4-10,13-14,17-18H,11-12,15H2,1-3H3,(H,25,27)/b10-8+/t17?,18-/m1/s1. The number of halogens is 1. The van der Waals surface area contributed by atoms with Crippen molar-refractivity contribution in [1.29, 1.82) is 0 Å². The number of hydrogen-bond acceptors (Lipinski definition) is 3. The van der Waals surface area contributed by atoms with Crippen molar-refractivity contribution in [2.24, 2.45) is 0 Å². The van der Waals surface area contributed by atoms with Crippen LogP contribution in [0.25, 0.3) is 6.08 Å². The van der Waals surface area contributed by atoms with Crippen LogP contribution in [-0.4, -0.2) is 31.7 Å². The quantitative estimate of drug-likeness (QED) is 0.786. The number of amides is 1. The zero-order valence-corrected chi connectivity index (χ0v) is 16.6. The van der Waals surface area contributed by atoms with Crippen molar-refractivity contribution in [2.75, 3.05) is 24.6 Å². The van der Waals surface area contributed by atoms with Gasteiger partial charge in [-0.3, -0.25) is 4.79 Å². The molecule has 5 heteroatoms. The number of aryl methyl sites for hydroxylation is 1. The summed E-state index contributed by atoms with van der Waals surface area (Å²) in [7, 11) is 0. The van der Waals surface area contributed by atoms with E-state index in [1.807, 2.05) is 26.0 Å². The Balaban J connectivity index is 1.64. The van der Waals surface area contributed by atoms with E-state index in [2.05, 4.69) is 29.3 Å². The molecule has 28 heavy (non-hydrogen) atoms. The first-order valence-corrected chi connectivity index (χ1v) is 9.63. The number of carbonyl (C=O) groups is 1. The molecular weight excluding hydrogens is 355 g/mol. The summed E-state index contributed by atoms with van der Waals surface area (Å²) in [5, 5.41) is 2.99. The van der Waals surface area contributed by atoms with E-state index in [0.29, 0.717) is 0 Å². The summed E-state index contributed by atoms with van der Waals surface area (Å²) in [6.45, 7) is 8.33. The summed E-state index contributed by atoms with van der Waals surface area (Å²) in [6, 6.07) is 12.7. The van der Waals surface area contributed by atoms with Gasteiger partial charge in [-0.05, 0) is 67.8 Å². The van der Waals surface area contributed by atoms with E-state index in [1.54, 1.807) is 12.1 Å². The van der Waals surface area contributed by atoms with Crippen LogP contribution in [0.1, 0.15) is 36.6 Å². The van der Waals surface area contributed by atoms with E-state index in [0.717, 1.165) is 42.1 Å². The number of benzene rings is 2. The summed E-state index contributed by atoms with van der Waals surface area (Å²) < 4.78 is 18.8. The second-order valence-corrected chi connectivity index (χ2v) is 7.29. The lowest BCUT2D eigenvalue weighted by atomic mass is 10.1. The molecule has 0 aromatic heterocycles. The van der Waals surface area contributed by atoms with Crippen molar-refractivity contribution in [3.63, 3.8) is 0 Å². The normalized spacial score (nSPS) is 18.3. The van der Waals surface area contributed by atoms with Gasteiger partial charge in [-0.1, -0.05) is 18.2 Å². The highest BCUT2D eigenvalue weighted by Crippen LogP contribution is 2.22. The van der Waals surface area contributed by atoms with Crippen LogP contribution >= 0.6 is 0 Å². The van der Waals surface area contributed by atoms with Crippen LogP contribution in [0.3, 0.4) is 0 Å². The topological polar surface area (TPSA) is 41.6 Å². The minimum Gasteiger partial charge on any atom is -0.375 e. The first-order chi connectivity index (χ1) is 13.4. The molecule has 1 amide bonds. The van der Waals surface area contributed by atoms with Crippen LogP contribution in [0.15, 0.2) is 48.5 Å². The molecule has 1 unspecified atom stereocenters. The molecule has 0 aliphatic carbocycles. The van der Waals surface area contributed by atoms with Crippen molar-refractivity contribution in [1.82, 2.24) is 5.32 Å². The second-order valence-electron chi connectivity index (χ2n) is 7.29. The van der Waals surface area contributed by atoms with Gasteiger partial charge in [0.1, 0.15) is 5.82 Å². The molecule has 1 fully saturated rings. The van der Waals surface area contributed by atoms with Crippen molar-refractivity contribution >= 4 is 17.7 Å². The average Bonchev–Trinajstić information content (AvgIpc) is 2.67. The molecule has 1 heterocycles. The molecule has 4 nitrogen and oxygen atoms in total. The van der Waals surface area contributed by atoms with Crippen LogP contribution < -0.4 is 10.2 Å². The molecule has 0 bridgehead atoms. The highest BCUT2D eigenvalue weighted by molar-refractivity contribution is 5.92. The fourth-order valence-corrected chi connectivity index (χ4v) is 3.38. The van der Waals surface area contributed by atoms with Gasteiger partial charge in [-0.15, -0.1) is 0 Å². The summed E-state index contributed by atoms with van der Waals surface area (Å²) >= 11 is 0. The highest BCUT2D eigenvalue weighted by atomic mass is 19.1. The Labute approximate surface area is 166 Å². The number of ether oxygens (including phenoxy) is 1. The fraction of sp³-hybridized carbons (Fsp3) is 0.348. The lowest BCUT2D eigenvalue weighted by Gasteiger charge is -2.33. The Morgan fingerprint density at radius 2 is 2.14 bits per heavy atom. The second kappa shape index (κ2) is 9.02. The molecule has 0 spiro atoms. The highest BCUT2D eigenvalue weighted by Gasteiger charge is 2.18. The molecule has 148 valence electrons. The van der Waals surface area contributed by atoms with E-state index < -0.39 is 0 Å². The first kappa shape index (κ1) is 20.1. The number of carbonyl (C=O) groups excluding carboxylic acids is 1. The number of morpholine rings is 1. The molecule has 0 radical (unpaired) electrons. The monoisotopic (exact) mass is 382 g/mol. The Morgan fingerprint density at radius 3 is 2.89 bits per heavy atom. The van der Waals surface area contributed by atoms with Crippen LogP contribution in [-0.2, 0) is 9.53 Å². The van der Waals surface area contributed by atoms with Crippen molar-refractivity contribution < 1.29 is 13.9 Å². The summed E-state index contributed by atoms with van der Waals surface area (Å²) in [6.07, 6.45) is 3.42. The number of anilines is 1. The Bertz CT molecular complexity index is 865. The van der Waals surface area contributed by atoms with Gasteiger partial charge in [0.25, 0.3) is 0 Å². The van der Waals surface area contributed by atoms with Gasteiger partial charge in [-0.2, -0.15) is 0 Å². The molecule has 1 saturated heterocycles. The summed E-state index contributed by atoms with van der Waals surface area (Å²) in [5.41, 5.74) is 3.82. The molecule has 0 saturated carbocycles. The third-order valence-corrected chi connectivity index (χ3v) is 4.98. The number of hydrogen-bond donors (Lipinski definition) is 1. The minimum atomic E-state index is -0.276. The summed E-state index contributed by atoms with van der Waals surface area (Å²) in [4.78, 5) is 14.6. The lowest BCUT2D eigenvalue weighted by Crippen LogP contribution is -2.41. The lowest BCUT2D eigenvalue weighted by molar-refractivity contribution is -0.117. The Hall–Kier alpha value is -2.66. The predicted octanol–water partition coefficient (Wildman–Crippen LogP) is 4.25. The van der Waals surface area contributed by atoms with E-state index in [1.165, 1.54) is 18.2 Å². The fourth-order valence-electron chi connectivity index (χ4n) is 3.38. The molecule has 1 N–H and O–H groups in total. The molecular formula is C23H27FN2O2. The molecule has 2 aromatic carbocycles. The molecule has 1 aliphatic heterocycles. The van der Waals surface area contributed by atoms with Gasteiger partial charge < -0.3 is 15.0 Å². The van der Waals surface area contributed by atoms with E-state index in [9.17, 15) is 9.18 Å². The van der Waals surface area contributed by atoms with Gasteiger partial charge in [0.2, 0.25) is 5.91 Å². The van der Waals surface area contributed by atoms with Crippen LogP contribution in [0.5, 0.6) is 0 Å². The summed E-state index contributed by atoms with van der Waals surface area (Å²) in [5.74, 6) is -0.455. The van der Waals surface area contributed by atoms with Gasteiger partial charge in [-0.25, -0.2) is 4.39 Å². The molecule has 1 aliphatic rings. The zero-order chi connectivity index (χ0) is 20.1. The van der Waals surface area contributed by atoms with Crippen molar-refractivity contribution in [3.05, 3.63) is 71.0 Å². The number of nitrogens with zero attached hydrogens (tertiary/aromatic N) is 1. The van der Waals surface area contributed by atoms with E-state index >= 15 is 0 Å². The van der Waals surface area contributed by atoms with Gasteiger partial charge in [0.15, 0.2) is 0 Å². The maximum Gasteiger partial charge on any atom is 0.244 e. The number of nitrogens with one attached hydrogen (secondary N) is 1. The van der Waals surface area contributed by atoms with E-state index in [-0.39, 0.29) is 23.9 Å². The first-order valence-electron chi connectivity index (χ1n) is 9.63. The number of rotatable bonds is 5. The molecule has 2 atom stereocenters. The SMILES string of the molecule is Cc1cc(F)ccc1/C=C/C(=O)N[C@H](C)c1cccc(N2CCOC(C)C2)c1. The third-order valence-electron chi connectivity index (χ3n) is 4.98. The van der Waals surface area contributed by atoms with Crippen LogP contribution in [0.4, 0.5) is 10.1 Å². The third kappa shape index (κ3) is 5.20. The Morgan fingerprint density at radius 1 is 1.32 bits per heavy atom. The molecule has 3 rings (SSSR count). The Kier molecular flexibility index (Phi) is 6.47. The predicted molar refractivity (Wildman–Crippen MR) is 111 cm³/mol. The average molecular weight is 382 g/mol. The zero-order valence-electron chi connectivity index (χ0n) is 16.6. The molecule has 2 aromatic rings. The smallest absolute Gasteiger partial charge is 0.244 e.